The van der Waals surface area contributed by atoms with Crippen molar-refractivity contribution in [1.82, 2.24) is 10.2 Å². The van der Waals surface area contributed by atoms with Crippen molar-refractivity contribution >= 4 is 46.0 Å². The summed E-state index contributed by atoms with van der Waals surface area (Å²) in [7, 11) is 1.45. The van der Waals surface area contributed by atoms with E-state index in [0.717, 1.165) is 11.3 Å². The first-order valence-electron chi connectivity index (χ1n) is 10.5. The Balaban J connectivity index is 1.60. The summed E-state index contributed by atoms with van der Waals surface area (Å²) in [4.78, 5) is 63.3. The molecule has 2 N–H and O–H groups in total. The standard InChI is InChI=1S/C22H25N3O8S/c1-4-31-22(30)17-12(2)18(19(28)23-3)34-20(17)24-15(26)11-33-21(29)13-8-16(27)25(9-13)10-14-6-5-7-32-14/h5-7,13H,4,8-11H2,1-3H3,(H,23,28)(H,24,26)/t13-/m1/s1. The molecule has 0 radical (unpaired) electrons. The van der Waals surface area contributed by atoms with Crippen LogP contribution in [0.5, 0.6) is 0 Å². The highest BCUT2D eigenvalue weighted by atomic mass is 32.1. The van der Waals surface area contributed by atoms with Crippen LogP contribution in [0.3, 0.4) is 0 Å². The van der Waals surface area contributed by atoms with Gasteiger partial charge in [-0.15, -0.1) is 11.3 Å². The average molecular weight is 492 g/mol. The quantitative estimate of drug-likeness (QED) is 0.505. The molecule has 0 aromatic carbocycles. The van der Waals surface area contributed by atoms with E-state index < -0.39 is 36.3 Å². The summed E-state index contributed by atoms with van der Waals surface area (Å²) in [5.74, 6) is -2.77. The van der Waals surface area contributed by atoms with Crippen LogP contribution in [0.1, 0.15) is 44.7 Å². The second kappa shape index (κ2) is 11.0. The molecule has 2 aromatic rings. The molecule has 0 bridgehead atoms. The Morgan fingerprint density at radius 3 is 2.68 bits per heavy atom. The first kappa shape index (κ1) is 25.0. The van der Waals surface area contributed by atoms with Gasteiger partial charge in [0.25, 0.3) is 11.8 Å². The van der Waals surface area contributed by atoms with Crippen molar-refractivity contribution in [3.8, 4) is 0 Å². The second-order valence-corrected chi connectivity index (χ2v) is 8.49. The zero-order chi connectivity index (χ0) is 24.8. The van der Waals surface area contributed by atoms with Crippen LogP contribution in [0, 0.1) is 12.8 Å². The maximum absolute atomic E-state index is 12.4. The Hall–Kier alpha value is -3.67. The van der Waals surface area contributed by atoms with Gasteiger partial charge in [0.1, 0.15) is 10.8 Å². The lowest BCUT2D eigenvalue weighted by molar-refractivity contribution is -0.151. The van der Waals surface area contributed by atoms with Crippen molar-refractivity contribution in [2.45, 2.75) is 26.8 Å². The zero-order valence-electron chi connectivity index (χ0n) is 19.0. The van der Waals surface area contributed by atoms with Gasteiger partial charge >= 0.3 is 11.9 Å². The molecule has 0 unspecified atom stereocenters. The number of carbonyl (C=O) groups is 5. The summed E-state index contributed by atoms with van der Waals surface area (Å²) in [5, 5.41) is 5.12. The molecule has 1 aliphatic rings. The number of hydrogen-bond acceptors (Lipinski definition) is 9. The van der Waals surface area contributed by atoms with Crippen molar-refractivity contribution in [3.05, 3.63) is 40.2 Å². The molecular formula is C22H25N3O8S. The van der Waals surface area contributed by atoms with Gasteiger partial charge < -0.3 is 29.4 Å². The van der Waals surface area contributed by atoms with Gasteiger partial charge in [0, 0.05) is 20.0 Å². The molecule has 1 aliphatic heterocycles. The van der Waals surface area contributed by atoms with Crippen LogP contribution < -0.4 is 10.6 Å². The minimum absolute atomic E-state index is 0.0201. The van der Waals surface area contributed by atoms with Crippen LogP contribution in [0.15, 0.2) is 22.8 Å². The molecule has 34 heavy (non-hydrogen) atoms. The zero-order valence-corrected chi connectivity index (χ0v) is 19.8. The van der Waals surface area contributed by atoms with Gasteiger partial charge in [-0.05, 0) is 31.5 Å². The Kier molecular flexibility index (Phi) is 8.05. The summed E-state index contributed by atoms with van der Waals surface area (Å²) < 4.78 is 15.4. The van der Waals surface area contributed by atoms with Gasteiger partial charge in [-0.1, -0.05) is 0 Å². The molecule has 3 rings (SSSR count). The van der Waals surface area contributed by atoms with Crippen molar-refractivity contribution < 1.29 is 37.9 Å². The van der Waals surface area contributed by atoms with E-state index in [0.29, 0.717) is 11.3 Å². The van der Waals surface area contributed by atoms with E-state index in [1.807, 2.05) is 0 Å². The van der Waals surface area contributed by atoms with Crippen molar-refractivity contribution in [2.24, 2.45) is 5.92 Å². The number of amides is 3. The first-order valence-corrected chi connectivity index (χ1v) is 11.4. The second-order valence-electron chi connectivity index (χ2n) is 7.47. The molecular weight excluding hydrogens is 466 g/mol. The maximum Gasteiger partial charge on any atom is 0.341 e. The number of ether oxygens (including phenoxy) is 2. The summed E-state index contributed by atoms with van der Waals surface area (Å²) >= 11 is 0.918. The number of likely N-dealkylation sites (tertiary alicyclic amines) is 1. The van der Waals surface area contributed by atoms with Gasteiger partial charge in [0.2, 0.25) is 5.91 Å². The van der Waals surface area contributed by atoms with Crippen LogP contribution in [-0.4, -0.2) is 61.4 Å². The number of thiophene rings is 1. The lowest BCUT2D eigenvalue weighted by Gasteiger charge is -2.14. The van der Waals surface area contributed by atoms with Gasteiger partial charge in [0.15, 0.2) is 6.61 Å². The predicted molar refractivity (Wildman–Crippen MR) is 120 cm³/mol. The molecule has 0 saturated carbocycles. The van der Waals surface area contributed by atoms with Crippen LogP contribution in [0.2, 0.25) is 0 Å². The molecule has 3 amide bonds. The van der Waals surface area contributed by atoms with E-state index in [1.54, 1.807) is 26.0 Å². The molecule has 12 heteroatoms. The third kappa shape index (κ3) is 5.63. The molecule has 11 nitrogen and oxygen atoms in total. The van der Waals surface area contributed by atoms with E-state index in [9.17, 15) is 24.0 Å². The number of carbonyl (C=O) groups excluding carboxylic acids is 5. The highest BCUT2D eigenvalue weighted by molar-refractivity contribution is 7.18. The van der Waals surface area contributed by atoms with E-state index in [4.69, 9.17) is 13.9 Å². The number of nitrogens with zero attached hydrogens (tertiary/aromatic N) is 1. The summed E-state index contributed by atoms with van der Waals surface area (Å²) in [6.07, 6.45) is 1.48. The lowest BCUT2D eigenvalue weighted by atomic mass is 10.1. The molecule has 0 spiro atoms. The van der Waals surface area contributed by atoms with E-state index in [-0.39, 0.29) is 47.5 Å². The fourth-order valence-corrected chi connectivity index (χ4v) is 4.63. The molecule has 1 saturated heterocycles. The van der Waals surface area contributed by atoms with Gasteiger partial charge in [0.05, 0.1) is 35.8 Å². The Morgan fingerprint density at radius 1 is 1.26 bits per heavy atom. The smallest absolute Gasteiger partial charge is 0.341 e. The highest BCUT2D eigenvalue weighted by Gasteiger charge is 2.36. The van der Waals surface area contributed by atoms with Crippen LogP contribution >= 0.6 is 11.3 Å². The van der Waals surface area contributed by atoms with Crippen LogP contribution in [-0.2, 0) is 30.4 Å². The first-order chi connectivity index (χ1) is 16.2. The van der Waals surface area contributed by atoms with E-state index >= 15 is 0 Å². The number of anilines is 1. The topological polar surface area (TPSA) is 144 Å². The average Bonchev–Trinajstić information content (AvgIpc) is 3.52. The minimum Gasteiger partial charge on any atom is -0.467 e. The Morgan fingerprint density at radius 2 is 2.03 bits per heavy atom. The minimum atomic E-state index is -0.700. The number of rotatable bonds is 9. The van der Waals surface area contributed by atoms with Gasteiger partial charge in [-0.2, -0.15) is 0 Å². The largest absolute Gasteiger partial charge is 0.467 e. The molecule has 1 atom stereocenters. The number of hydrogen-bond donors (Lipinski definition) is 2. The van der Waals surface area contributed by atoms with Crippen molar-refractivity contribution in [2.75, 3.05) is 32.1 Å². The molecule has 3 heterocycles. The highest BCUT2D eigenvalue weighted by Crippen LogP contribution is 2.33. The maximum atomic E-state index is 12.4. The third-order valence-electron chi connectivity index (χ3n) is 5.13. The van der Waals surface area contributed by atoms with Gasteiger partial charge in [-0.3, -0.25) is 19.2 Å². The Bertz CT molecular complexity index is 1090. The lowest BCUT2D eigenvalue weighted by Crippen LogP contribution is -2.28. The molecule has 2 aromatic heterocycles. The normalized spacial score (nSPS) is 15.2. The molecule has 0 aliphatic carbocycles. The fraction of sp³-hybridized carbons (Fsp3) is 0.409. The van der Waals surface area contributed by atoms with Gasteiger partial charge in [-0.25, -0.2) is 4.79 Å². The van der Waals surface area contributed by atoms with Crippen LogP contribution in [0.25, 0.3) is 0 Å². The number of nitrogens with one attached hydrogen (secondary N) is 2. The van der Waals surface area contributed by atoms with Crippen LogP contribution in [0.4, 0.5) is 5.00 Å². The number of esters is 2. The number of furan rings is 1. The molecule has 1 fully saturated rings. The van der Waals surface area contributed by atoms with Crippen molar-refractivity contribution in [1.29, 1.82) is 0 Å². The fourth-order valence-electron chi connectivity index (χ4n) is 3.47. The van der Waals surface area contributed by atoms with E-state index in [1.165, 1.54) is 18.2 Å². The SMILES string of the molecule is CCOC(=O)c1c(NC(=O)COC(=O)[C@@H]2CC(=O)N(Cc3ccco3)C2)sc(C(=O)NC)c1C. The summed E-state index contributed by atoms with van der Waals surface area (Å²) in [5.41, 5.74) is 0.441. The predicted octanol–water partition coefficient (Wildman–Crippen LogP) is 1.72. The Labute approximate surface area is 199 Å². The monoisotopic (exact) mass is 491 g/mol. The summed E-state index contributed by atoms with van der Waals surface area (Å²) in [6.45, 7) is 3.13. The summed E-state index contributed by atoms with van der Waals surface area (Å²) in [6, 6.07) is 3.44. The van der Waals surface area contributed by atoms with E-state index in [2.05, 4.69) is 10.6 Å². The molecule has 182 valence electrons. The third-order valence-corrected chi connectivity index (χ3v) is 6.34. The van der Waals surface area contributed by atoms with Crippen molar-refractivity contribution in [3.63, 3.8) is 0 Å².